The minimum Gasteiger partial charge on any atom is -0.497 e. The van der Waals surface area contributed by atoms with E-state index in [4.69, 9.17) is 14.2 Å². The molecule has 0 spiro atoms. The van der Waals surface area contributed by atoms with Crippen LogP contribution in [-0.2, 0) is 4.74 Å². The molecular formula is C22H25N7O3. The number of anilines is 1. The predicted octanol–water partition coefficient (Wildman–Crippen LogP) is 2.71. The summed E-state index contributed by atoms with van der Waals surface area (Å²) in [6.45, 7) is 2.90. The molecule has 2 atom stereocenters. The molecule has 3 aromatic heterocycles. The van der Waals surface area contributed by atoms with Crippen molar-refractivity contribution in [1.29, 1.82) is 5.26 Å². The van der Waals surface area contributed by atoms with Gasteiger partial charge in [0.25, 0.3) is 0 Å². The lowest BCUT2D eigenvalue weighted by Crippen LogP contribution is -2.52. The first kappa shape index (κ1) is 20.5. The van der Waals surface area contributed by atoms with Gasteiger partial charge in [-0.3, -0.25) is 4.40 Å². The van der Waals surface area contributed by atoms with E-state index in [0.717, 1.165) is 42.9 Å². The van der Waals surface area contributed by atoms with Crippen LogP contribution in [0.1, 0.15) is 49.9 Å². The summed E-state index contributed by atoms with van der Waals surface area (Å²) < 4.78 is 18.5. The zero-order chi connectivity index (χ0) is 22.1. The molecule has 0 bridgehead atoms. The van der Waals surface area contributed by atoms with E-state index in [1.165, 1.54) is 6.20 Å². The van der Waals surface area contributed by atoms with E-state index in [1.807, 2.05) is 29.7 Å². The normalized spacial score (nSPS) is 22.0. The van der Waals surface area contributed by atoms with Crippen molar-refractivity contribution in [2.24, 2.45) is 0 Å². The number of methoxy groups -OCH3 is 1. The zero-order valence-corrected chi connectivity index (χ0v) is 18.1. The number of nitrogens with zero attached hydrogens (tertiary/aromatic N) is 6. The maximum absolute atomic E-state index is 9.39. The lowest BCUT2D eigenvalue weighted by atomic mass is 9.85. The molecular weight excluding hydrogens is 410 g/mol. The minimum absolute atomic E-state index is 0.183. The molecule has 1 N–H and O–H groups in total. The number of ether oxygens (including phenoxy) is 3. The monoisotopic (exact) mass is 435 g/mol. The van der Waals surface area contributed by atoms with Gasteiger partial charge in [0, 0.05) is 24.2 Å². The van der Waals surface area contributed by atoms with Crippen molar-refractivity contribution in [1.82, 2.24) is 24.6 Å². The largest absolute Gasteiger partial charge is 0.497 e. The maximum atomic E-state index is 9.39. The molecule has 166 valence electrons. The van der Waals surface area contributed by atoms with Crippen molar-refractivity contribution >= 4 is 11.6 Å². The number of nitriles is 1. The van der Waals surface area contributed by atoms with Gasteiger partial charge in [-0.15, -0.1) is 10.2 Å². The summed E-state index contributed by atoms with van der Waals surface area (Å²) in [4.78, 5) is 8.82. The van der Waals surface area contributed by atoms with E-state index < -0.39 is 5.60 Å². The number of nitrogens with one attached hydrogen (secondary N) is 1. The summed E-state index contributed by atoms with van der Waals surface area (Å²) in [5, 5.41) is 21.6. The summed E-state index contributed by atoms with van der Waals surface area (Å²) >= 11 is 0. The van der Waals surface area contributed by atoms with Crippen LogP contribution in [0.15, 0.2) is 24.5 Å². The second-order valence-electron chi connectivity index (χ2n) is 8.63. The number of rotatable bonds is 6. The van der Waals surface area contributed by atoms with Crippen LogP contribution in [0.3, 0.4) is 0 Å². The first-order valence-corrected chi connectivity index (χ1v) is 10.8. The summed E-state index contributed by atoms with van der Waals surface area (Å²) in [5.74, 6) is 2.74. The van der Waals surface area contributed by atoms with Crippen molar-refractivity contribution in [2.75, 3.05) is 25.6 Å². The molecule has 0 unspecified atom stereocenters. The van der Waals surface area contributed by atoms with E-state index >= 15 is 0 Å². The molecule has 10 nitrogen and oxygen atoms in total. The van der Waals surface area contributed by atoms with Gasteiger partial charge in [0.2, 0.25) is 11.8 Å². The molecule has 2 fully saturated rings. The maximum Gasteiger partial charge on any atom is 0.237 e. The zero-order valence-electron chi connectivity index (χ0n) is 18.1. The van der Waals surface area contributed by atoms with Gasteiger partial charge in [-0.05, 0) is 32.3 Å². The van der Waals surface area contributed by atoms with Crippen LogP contribution in [0.25, 0.3) is 5.65 Å². The topological polar surface area (TPSA) is 119 Å². The Labute approximate surface area is 185 Å². The van der Waals surface area contributed by atoms with Crippen LogP contribution >= 0.6 is 0 Å². The fourth-order valence-corrected chi connectivity index (χ4v) is 4.31. The SMILES string of the molecule is COc1ccn2c([C@H]3CCC[C@@H](Nc4ncc(C#N)c(OC5(C)COC5)n4)C3)nnc2c1. The van der Waals surface area contributed by atoms with Crippen LogP contribution in [0.5, 0.6) is 11.6 Å². The number of pyridine rings is 1. The van der Waals surface area contributed by atoms with Gasteiger partial charge in [-0.2, -0.15) is 10.2 Å². The van der Waals surface area contributed by atoms with E-state index in [-0.39, 0.29) is 12.0 Å². The molecule has 3 aromatic rings. The predicted molar refractivity (Wildman–Crippen MR) is 115 cm³/mol. The average Bonchev–Trinajstić information content (AvgIpc) is 3.21. The lowest BCUT2D eigenvalue weighted by molar-refractivity contribution is -0.151. The van der Waals surface area contributed by atoms with Gasteiger partial charge in [0.15, 0.2) is 11.2 Å². The minimum atomic E-state index is -0.454. The first-order chi connectivity index (χ1) is 15.6. The van der Waals surface area contributed by atoms with E-state index in [0.29, 0.717) is 30.6 Å². The average molecular weight is 435 g/mol. The third-order valence-electron chi connectivity index (χ3n) is 6.05. The van der Waals surface area contributed by atoms with Gasteiger partial charge in [0.05, 0.1) is 26.5 Å². The van der Waals surface area contributed by atoms with E-state index in [9.17, 15) is 5.26 Å². The molecule has 1 saturated carbocycles. The highest BCUT2D eigenvalue weighted by Crippen LogP contribution is 2.34. The third kappa shape index (κ3) is 3.91. The summed E-state index contributed by atoms with van der Waals surface area (Å²) in [6.07, 6.45) is 7.46. The summed E-state index contributed by atoms with van der Waals surface area (Å²) in [7, 11) is 1.64. The van der Waals surface area contributed by atoms with Gasteiger partial charge in [-0.1, -0.05) is 6.42 Å². The van der Waals surface area contributed by atoms with Crippen molar-refractivity contribution in [3.63, 3.8) is 0 Å². The molecule has 0 amide bonds. The number of aromatic nitrogens is 5. The first-order valence-electron chi connectivity index (χ1n) is 10.8. The molecule has 1 saturated heterocycles. The molecule has 2 aliphatic rings. The molecule has 10 heteroatoms. The number of hydrogen-bond donors (Lipinski definition) is 1. The van der Waals surface area contributed by atoms with Gasteiger partial charge < -0.3 is 19.5 Å². The van der Waals surface area contributed by atoms with Gasteiger partial charge in [0.1, 0.15) is 23.2 Å². The number of hydrogen-bond acceptors (Lipinski definition) is 9. The van der Waals surface area contributed by atoms with Crippen molar-refractivity contribution in [2.45, 2.75) is 50.2 Å². The Morgan fingerprint density at radius 3 is 2.94 bits per heavy atom. The van der Waals surface area contributed by atoms with Crippen LogP contribution in [0.4, 0.5) is 5.95 Å². The fraction of sp³-hybridized carbons (Fsp3) is 0.500. The van der Waals surface area contributed by atoms with Crippen LogP contribution < -0.4 is 14.8 Å². The Hall–Kier alpha value is -3.45. The van der Waals surface area contributed by atoms with Crippen LogP contribution in [-0.4, -0.2) is 56.5 Å². The molecule has 0 radical (unpaired) electrons. The van der Waals surface area contributed by atoms with Crippen molar-refractivity contribution in [3.05, 3.63) is 35.9 Å². The highest BCUT2D eigenvalue weighted by molar-refractivity contribution is 5.45. The lowest BCUT2D eigenvalue weighted by Gasteiger charge is -2.37. The van der Waals surface area contributed by atoms with Crippen LogP contribution in [0.2, 0.25) is 0 Å². The Morgan fingerprint density at radius 1 is 1.31 bits per heavy atom. The number of fused-ring (bicyclic) bond motifs is 1. The molecule has 4 heterocycles. The second-order valence-corrected chi connectivity index (χ2v) is 8.63. The molecule has 1 aliphatic heterocycles. The standard InChI is InChI=1S/C22H25N7O3/c1-22(12-31-13-22)32-20-15(10-23)11-24-21(26-20)25-16-5-3-4-14(8-16)19-28-27-18-9-17(30-2)6-7-29(18)19/h6-7,9,11,14,16H,3-5,8,12-13H2,1-2H3,(H,24,25,26)/t14-,16+/m0/s1. The molecule has 0 aromatic carbocycles. The Morgan fingerprint density at radius 2 is 2.19 bits per heavy atom. The van der Waals surface area contributed by atoms with Crippen LogP contribution in [0, 0.1) is 11.3 Å². The summed E-state index contributed by atoms with van der Waals surface area (Å²) in [6, 6.07) is 6.08. The quantitative estimate of drug-likeness (QED) is 0.623. The van der Waals surface area contributed by atoms with E-state index in [2.05, 4.69) is 31.6 Å². The molecule has 5 rings (SSSR count). The summed E-state index contributed by atoms with van der Waals surface area (Å²) in [5.41, 5.74) is 0.639. The van der Waals surface area contributed by atoms with E-state index in [1.54, 1.807) is 7.11 Å². The van der Waals surface area contributed by atoms with Gasteiger partial charge >= 0.3 is 0 Å². The Balaban J connectivity index is 1.32. The van der Waals surface area contributed by atoms with Gasteiger partial charge in [-0.25, -0.2) is 4.98 Å². The molecule has 32 heavy (non-hydrogen) atoms. The third-order valence-corrected chi connectivity index (χ3v) is 6.05. The second kappa shape index (κ2) is 8.24. The Bertz CT molecular complexity index is 1170. The van der Waals surface area contributed by atoms with Crippen molar-refractivity contribution < 1.29 is 14.2 Å². The Kier molecular flexibility index (Phi) is 5.27. The smallest absolute Gasteiger partial charge is 0.237 e. The fourth-order valence-electron chi connectivity index (χ4n) is 4.31. The molecule has 1 aliphatic carbocycles. The highest BCUT2D eigenvalue weighted by atomic mass is 16.6. The highest BCUT2D eigenvalue weighted by Gasteiger charge is 2.37. The van der Waals surface area contributed by atoms with Crippen molar-refractivity contribution in [3.8, 4) is 17.7 Å².